The van der Waals surface area contributed by atoms with E-state index in [9.17, 15) is 4.79 Å². The summed E-state index contributed by atoms with van der Waals surface area (Å²) in [5.74, 6) is 0.817. The number of carboxylic acid groups (broad SMARTS) is 1. The van der Waals surface area contributed by atoms with Crippen LogP contribution in [0.4, 0.5) is 5.82 Å². The number of aliphatic carboxylic acids is 1. The summed E-state index contributed by atoms with van der Waals surface area (Å²) in [6.45, 7) is 4.97. The molecule has 1 unspecified atom stereocenters. The van der Waals surface area contributed by atoms with Crippen LogP contribution in [0.1, 0.15) is 33.1 Å². The van der Waals surface area contributed by atoms with Crippen molar-refractivity contribution in [2.24, 2.45) is 11.8 Å². The summed E-state index contributed by atoms with van der Waals surface area (Å²) < 4.78 is 1.59. The van der Waals surface area contributed by atoms with Crippen molar-refractivity contribution >= 4 is 17.4 Å². The molecule has 2 heterocycles. The Morgan fingerprint density at radius 2 is 2.19 bits per heavy atom. The summed E-state index contributed by atoms with van der Waals surface area (Å²) in [4.78, 5) is 14.8. The average molecular weight is 292 g/mol. The third kappa shape index (κ3) is 4.11. The van der Waals surface area contributed by atoms with Gasteiger partial charge in [0.25, 0.3) is 0 Å². The standard InChI is InChI=1S/C13H20N6O2/c1-9(2)10(3-4-13(20)21)5-6-15-11-7-14-8-12-16-17-18-19(11)12/h7-10,15H,3-6H2,1-2H3,(H,20,21). The lowest BCUT2D eigenvalue weighted by Crippen LogP contribution is -2.16. The van der Waals surface area contributed by atoms with Gasteiger partial charge in [0, 0.05) is 13.0 Å². The number of hydrogen-bond donors (Lipinski definition) is 2. The van der Waals surface area contributed by atoms with Crippen molar-refractivity contribution in [1.82, 2.24) is 25.0 Å². The van der Waals surface area contributed by atoms with Crippen molar-refractivity contribution in [3.63, 3.8) is 0 Å². The zero-order chi connectivity index (χ0) is 15.2. The van der Waals surface area contributed by atoms with Crippen molar-refractivity contribution < 1.29 is 9.90 Å². The highest BCUT2D eigenvalue weighted by atomic mass is 16.4. The lowest BCUT2D eigenvalue weighted by Gasteiger charge is -2.20. The van der Waals surface area contributed by atoms with E-state index >= 15 is 0 Å². The minimum atomic E-state index is -0.740. The Kier molecular flexibility index (Phi) is 5.02. The van der Waals surface area contributed by atoms with Crippen molar-refractivity contribution in [3.05, 3.63) is 12.4 Å². The Morgan fingerprint density at radius 1 is 1.38 bits per heavy atom. The number of nitrogens with zero attached hydrogens (tertiary/aromatic N) is 5. The van der Waals surface area contributed by atoms with Crippen LogP contribution >= 0.6 is 0 Å². The summed E-state index contributed by atoms with van der Waals surface area (Å²) in [5, 5.41) is 23.4. The predicted molar refractivity (Wildman–Crippen MR) is 76.9 cm³/mol. The number of tetrazole rings is 1. The second kappa shape index (κ2) is 6.96. The zero-order valence-electron chi connectivity index (χ0n) is 12.2. The fourth-order valence-corrected chi connectivity index (χ4v) is 2.30. The molecule has 0 aliphatic heterocycles. The van der Waals surface area contributed by atoms with Gasteiger partial charge in [-0.3, -0.25) is 9.78 Å². The molecule has 114 valence electrons. The summed E-state index contributed by atoms with van der Waals surface area (Å²) >= 11 is 0. The maximum absolute atomic E-state index is 10.7. The number of rotatable bonds is 8. The van der Waals surface area contributed by atoms with E-state index in [1.807, 2.05) is 0 Å². The molecule has 2 N–H and O–H groups in total. The van der Waals surface area contributed by atoms with Crippen molar-refractivity contribution in [2.75, 3.05) is 11.9 Å². The fourth-order valence-electron chi connectivity index (χ4n) is 2.30. The van der Waals surface area contributed by atoms with Gasteiger partial charge in [0.05, 0.1) is 12.4 Å². The van der Waals surface area contributed by atoms with E-state index in [4.69, 9.17) is 5.11 Å². The molecular weight excluding hydrogens is 272 g/mol. The number of anilines is 1. The van der Waals surface area contributed by atoms with Crippen LogP contribution in [-0.4, -0.2) is 42.6 Å². The highest BCUT2D eigenvalue weighted by molar-refractivity contribution is 5.66. The molecule has 1 atom stereocenters. The molecule has 0 aliphatic rings. The monoisotopic (exact) mass is 292 g/mol. The Balaban J connectivity index is 1.89. The molecule has 0 saturated carbocycles. The third-order valence-electron chi connectivity index (χ3n) is 3.60. The van der Waals surface area contributed by atoms with Crippen LogP contribution in [0.25, 0.3) is 5.65 Å². The number of hydrogen-bond acceptors (Lipinski definition) is 6. The molecule has 8 heteroatoms. The third-order valence-corrected chi connectivity index (χ3v) is 3.60. The molecule has 0 spiro atoms. The van der Waals surface area contributed by atoms with Gasteiger partial charge in [0.15, 0.2) is 5.65 Å². The van der Waals surface area contributed by atoms with Gasteiger partial charge in [-0.1, -0.05) is 13.8 Å². The summed E-state index contributed by atoms with van der Waals surface area (Å²) in [6, 6.07) is 0. The minimum Gasteiger partial charge on any atom is -0.481 e. The molecule has 2 rings (SSSR count). The Labute approximate surface area is 122 Å². The maximum atomic E-state index is 10.7. The Hall–Kier alpha value is -2.25. The lowest BCUT2D eigenvalue weighted by atomic mass is 9.88. The van der Waals surface area contributed by atoms with Crippen LogP contribution in [0.2, 0.25) is 0 Å². The van der Waals surface area contributed by atoms with E-state index in [0.717, 1.165) is 18.8 Å². The van der Waals surface area contributed by atoms with Crippen LogP contribution in [0.3, 0.4) is 0 Å². The minimum absolute atomic E-state index is 0.215. The predicted octanol–water partition coefficient (Wildman–Crippen LogP) is 1.46. The summed E-state index contributed by atoms with van der Waals surface area (Å²) in [7, 11) is 0. The van der Waals surface area contributed by atoms with Crippen LogP contribution < -0.4 is 5.32 Å². The number of carboxylic acids is 1. The van der Waals surface area contributed by atoms with E-state index in [2.05, 4.69) is 39.7 Å². The Bertz CT molecular complexity index is 597. The van der Waals surface area contributed by atoms with Crippen molar-refractivity contribution in [3.8, 4) is 0 Å². The van der Waals surface area contributed by atoms with Gasteiger partial charge in [0.2, 0.25) is 0 Å². The lowest BCUT2D eigenvalue weighted by molar-refractivity contribution is -0.137. The van der Waals surface area contributed by atoms with Crippen LogP contribution in [0.15, 0.2) is 12.4 Å². The molecule has 0 radical (unpaired) electrons. The average Bonchev–Trinajstić information content (AvgIpc) is 2.91. The first-order valence-electron chi connectivity index (χ1n) is 7.05. The highest BCUT2D eigenvalue weighted by Crippen LogP contribution is 2.21. The van der Waals surface area contributed by atoms with Crippen LogP contribution in [0, 0.1) is 11.8 Å². The van der Waals surface area contributed by atoms with Crippen LogP contribution in [0.5, 0.6) is 0 Å². The summed E-state index contributed by atoms with van der Waals surface area (Å²) in [5.41, 5.74) is 0.589. The number of nitrogens with one attached hydrogen (secondary N) is 1. The molecule has 0 fully saturated rings. The largest absolute Gasteiger partial charge is 0.481 e. The van der Waals surface area contributed by atoms with E-state index in [1.165, 1.54) is 0 Å². The van der Waals surface area contributed by atoms with Gasteiger partial charge in [-0.05, 0) is 35.1 Å². The second-order valence-corrected chi connectivity index (χ2v) is 5.39. The maximum Gasteiger partial charge on any atom is 0.303 e. The molecule has 0 aromatic carbocycles. The first kappa shape index (κ1) is 15.1. The van der Waals surface area contributed by atoms with Crippen molar-refractivity contribution in [2.45, 2.75) is 33.1 Å². The van der Waals surface area contributed by atoms with Crippen LogP contribution in [-0.2, 0) is 4.79 Å². The van der Waals surface area contributed by atoms with E-state index in [1.54, 1.807) is 16.9 Å². The quantitative estimate of drug-likeness (QED) is 0.758. The number of aromatic nitrogens is 5. The van der Waals surface area contributed by atoms with Gasteiger partial charge in [-0.25, -0.2) is 0 Å². The normalized spacial score (nSPS) is 12.7. The van der Waals surface area contributed by atoms with E-state index < -0.39 is 5.97 Å². The molecule has 21 heavy (non-hydrogen) atoms. The van der Waals surface area contributed by atoms with Gasteiger partial charge < -0.3 is 10.4 Å². The summed E-state index contributed by atoms with van der Waals surface area (Å²) in [6.07, 6.45) is 5.07. The highest BCUT2D eigenvalue weighted by Gasteiger charge is 2.15. The SMILES string of the molecule is CC(C)C(CCNc1cncc2nnnn12)CCC(=O)O. The fraction of sp³-hybridized carbons (Fsp3) is 0.615. The Morgan fingerprint density at radius 3 is 2.90 bits per heavy atom. The zero-order valence-corrected chi connectivity index (χ0v) is 12.2. The van der Waals surface area contributed by atoms with Gasteiger partial charge in [-0.15, -0.1) is 5.10 Å². The molecule has 0 aliphatic carbocycles. The topological polar surface area (TPSA) is 105 Å². The second-order valence-electron chi connectivity index (χ2n) is 5.39. The van der Waals surface area contributed by atoms with Crippen molar-refractivity contribution in [1.29, 1.82) is 0 Å². The molecule has 0 amide bonds. The molecule has 8 nitrogen and oxygen atoms in total. The molecule has 2 aromatic heterocycles. The first-order valence-corrected chi connectivity index (χ1v) is 7.05. The number of carbonyl (C=O) groups is 1. The van der Waals surface area contributed by atoms with Gasteiger partial charge >= 0.3 is 5.97 Å². The molecule has 0 saturated heterocycles. The molecule has 0 bridgehead atoms. The first-order chi connectivity index (χ1) is 10.1. The van der Waals surface area contributed by atoms with E-state index in [0.29, 0.717) is 23.9 Å². The van der Waals surface area contributed by atoms with E-state index in [-0.39, 0.29) is 6.42 Å². The smallest absolute Gasteiger partial charge is 0.303 e. The number of fused-ring (bicyclic) bond motifs is 1. The van der Waals surface area contributed by atoms with Gasteiger partial charge in [-0.2, -0.15) is 4.52 Å². The molecule has 2 aromatic rings. The molecular formula is C13H20N6O2. The van der Waals surface area contributed by atoms with Gasteiger partial charge in [0.1, 0.15) is 5.82 Å².